The van der Waals surface area contributed by atoms with Crippen LogP contribution in [0.25, 0.3) is 0 Å². The molecular weight excluding hydrogens is 244 g/mol. The van der Waals surface area contributed by atoms with Crippen LogP contribution in [0.2, 0.25) is 0 Å². The van der Waals surface area contributed by atoms with Crippen LogP contribution in [-0.4, -0.2) is 48.4 Å². The number of hydrogen-bond donors (Lipinski definition) is 3. The van der Waals surface area contributed by atoms with Crippen LogP contribution in [0.5, 0.6) is 0 Å². The first kappa shape index (κ1) is 14.3. The summed E-state index contributed by atoms with van der Waals surface area (Å²) in [6.45, 7) is 1.93. The minimum absolute atomic E-state index is 0.0231. The predicted molar refractivity (Wildman–Crippen MR) is 72.1 cm³/mol. The summed E-state index contributed by atoms with van der Waals surface area (Å²) in [5.41, 5.74) is 11.1. The van der Waals surface area contributed by atoms with Crippen molar-refractivity contribution < 1.29 is 9.59 Å². The first-order chi connectivity index (χ1) is 9.04. The second-order valence-corrected chi connectivity index (χ2v) is 5.79. The van der Waals surface area contributed by atoms with Crippen molar-refractivity contribution in [2.75, 3.05) is 19.6 Å². The van der Waals surface area contributed by atoms with Crippen LogP contribution in [0.15, 0.2) is 0 Å². The highest BCUT2D eigenvalue weighted by atomic mass is 16.2. The third-order valence-corrected chi connectivity index (χ3v) is 3.98. The average Bonchev–Trinajstić information content (AvgIpc) is 3.14. The van der Waals surface area contributed by atoms with Crippen molar-refractivity contribution in [2.45, 2.75) is 44.2 Å². The molecule has 0 spiro atoms. The van der Waals surface area contributed by atoms with Crippen molar-refractivity contribution in [2.24, 2.45) is 17.4 Å². The smallest absolute Gasteiger partial charge is 0.231 e. The Bertz CT molecular complexity index is 336. The number of nitrogens with two attached hydrogens (primary N) is 2. The Morgan fingerprint density at radius 1 is 1.21 bits per heavy atom. The van der Waals surface area contributed by atoms with Gasteiger partial charge in [-0.2, -0.15) is 0 Å². The van der Waals surface area contributed by atoms with Gasteiger partial charge in [-0.15, -0.1) is 0 Å². The van der Waals surface area contributed by atoms with Gasteiger partial charge in [-0.05, 0) is 31.6 Å². The van der Waals surface area contributed by atoms with Crippen molar-refractivity contribution >= 4 is 11.8 Å². The van der Waals surface area contributed by atoms with Crippen LogP contribution in [0, 0.1) is 5.92 Å². The van der Waals surface area contributed by atoms with E-state index in [-0.39, 0.29) is 23.9 Å². The van der Waals surface area contributed by atoms with E-state index in [1.54, 1.807) is 0 Å². The lowest BCUT2D eigenvalue weighted by Gasteiger charge is -2.31. The molecule has 6 nitrogen and oxygen atoms in total. The monoisotopic (exact) mass is 268 g/mol. The van der Waals surface area contributed by atoms with Gasteiger partial charge in [0.2, 0.25) is 11.8 Å². The fraction of sp³-hybridized carbons (Fsp3) is 0.846. The molecule has 0 radical (unpaired) electrons. The van der Waals surface area contributed by atoms with Gasteiger partial charge in [0, 0.05) is 31.6 Å². The third-order valence-electron chi connectivity index (χ3n) is 3.98. The number of carbonyl (C=O) groups excluding carboxylic acids is 2. The molecule has 0 aromatic rings. The molecule has 6 heteroatoms. The summed E-state index contributed by atoms with van der Waals surface area (Å²) in [5.74, 6) is 0.328. The molecule has 2 fully saturated rings. The number of nitrogens with one attached hydrogen (secondary N) is 1. The van der Waals surface area contributed by atoms with E-state index < -0.39 is 0 Å². The summed E-state index contributed by atoms with van der Waals surface area (Å²) >= 11 is 0. The van der Waals surface area contributed by atoms with Crippen molar-refractivity contribution in [1.82, 2.24) is 10.2 Å². The Kier molecular flexibility index (Phi) is 4.76. The lowest BCUT2D eigenvalue weighted by Crippen LogP contribution is -2.47. The largest absolute Gasteiger partial charge is 0.369 e. The second-order valence-electron chi connectivity index (χ2n) is 5.79. The third kappa shape index (κ3) is 4.80. The van der Waals surface area contributed by atoms with Gasteiger partial charge in [0.15, 0.2) is 0 Å². The molecule has 1 saturated carbocycles. The maximum absolute atomic E-state index is 11.8. The van der Waals surface area contributed by atoms with Crippen LogP contribution >= 0.6 is 0 Å². The fourth-order valence-corrected chi connectivity index (χ4v) is 2.65. The van der Waals surface area contributed by atoms with E-state index in [1.807, 2.05) is 4.90 Å². The van der Waals surface area contributed by atoms with Gasteiger partial charge in [-0.3, -0.25) is 14.5 Å². The van der Waals surface area contributed by atoms with Gasteiger partial charge in [-0.25, -0.2) is 0 Å². The number of likely N-dealkylation sites (tertiary alicyclic amines) is 1. The normalized spacial score (nSPS) is 23.0. The van der Waals surface area contributed by atoms with Gasteiger partial charge < -0.3 is 16.8 Å². The summed E-state index contributed by atoms with van der Waals surface area (Å²) in [7, 11) is 0. The van der Waals surface area contributed by atoms with E-state index >= 15 is 0 Å². The standard InChI is InChI=1S/C13H24N4O2/c14-11(9-1-2-9)7-13(19)16-10-3-5-17(6-4-10)8-12(15)18/h9-11H,1-8,14H2,(H2,15,18)(H,16,19). The summed E-state index contributed by atoms with van der Waals surface area (Å²) in [5, 5.41) is 3.04. The summed E-state index contributed by atoms with van der Waals surface area (Å²) in [4.78, 5) is 24.7. The molecule has 1 unspecified atom stereocenters. The number of amides is 2. The molecule has 1 saturated heterocycles. The molecule has 2 aliphatic rings. The number of hydrogen-bond acceptors (Lipinski definition) is 4. The number of rotatable bonds is 6. The van der Waals surface area contributed by atoms with Crippen molar-refractivity contribution in [3.05, 3.63) is 0 Å². The van der Waals surface area contributed by atoms with E-state index in [9.17, 15) is 9.59 Å². The van der Waals surface area contributed by atoms with Crippen LogP contribution in [0.4, 0.5) is 0 Å². The highest BCUT2D eigenvalue weighted by Crippen LogP contribution is 2.32. The molecule has 1 aliphatic heterocycles. The van der Waals surface area contributed by atoms with Gasteiger partial charge >= 0.3 is 0 Å². The Morgan fingerprint density at radius 2 is 1.84 bits per heavy atom. The van der Waals surface area contributed by atoms with Crippen molar-refractivity contribution in [1.29, 1.82) is 0 Å². The first-order valence-corrected chi connectivity index (χ1v) is 7.10. The van der Waals surface area contributed by atoms with Gasteiger partial charge in [0.1, 0.15) is 0 Å². The highest BCUT2D eigenvalue weighted by Gasteiger charge is 2.30. The topological polar surface area (TPSA) is 101 Å². The minimum Gasteiger partial charge on any atom is -0.369 e. The Labute approximate surface area is 113 Å². The zero-order valence-electron chi connectivity index (χ0n) is 11.3. The molecule has 1 heterocycles. The zero-order chi connectivity index (χ0) is 13.8. The maximum Gasteiger partial charge on any atom is 0.231 e. The number of carbonyl (C=O) groups is 2. The van der Waals surface area contributed by atoms with Crippen LogP contribution in [0.3, 0.4) is 0 Å². The SMILES string of the molecule is NC(=O)CN1CCC(NC(=O)CC(N)C2CC2)CC1. The lowest BCUT2D eigenvalue weighted by molar-refractivity contribution is -0.123. The molecule has 5 N–H and O–H groups in total. The van der Waals surface area contributed by atoms with E-state index in [2.05, 4.69) is 5.32 Å². The summed E-state index contributed by atoms with van der Waals surface area (Å²) in [6.07, 6.45) is 4.52. The number of nitrogens with zero attached hydrogens (tertiary/aromatic N) is 1. The molecule has 1 atom stereocenters. The Morgan fingerprint density at radius 3 is 2.37 bits per heavy atom. The fourth-order valence-electron chi connectivity index (χ4n) is 2.65. The van der Waals surface area contributed by atoms with Crippen molar-refractivity contribution in [3.63, 3.8) is 0 Å². The van der Waals surface area contributed by atoms with Gasteiger partial charge in [0.25, 0.3) is 0 Å². The predicted octanol–water partition coefficient (Wildman–Crippen LogP) is -0.820. The van der Waals surface area contributed by atoms with E-state index in [0.717, 1.165) is 25.9 Å². The summed E-state index contributed by atoms with van der Waals surface area (Å²) in [6, 6.07) is 0.234. The van der Waals surface area contributed by atoms with Crippen LogP contribution < -0.4 is 16.8 Å². The maximum atomic E-state index is 11.8. The number of primary amides is 1. The molecule has 0 aromatic carbocycles. The van der Waals surface area contributed by atoms with Crippen LogP contribution in [0.1, 0.15) is 32.1 Å². The number of piperidine rings is 1. The molecule has 108 valence electrons. The molecule has 2 amide bonds. The van der Waals surface area contributed by atoms with E-state index in [0.29, 0.717) is 18.9 Å². The van der Waals surface area contributed by atoms with Crippen molar-refractivity contribution in [3.8, 4) is 0 Å². The van der Waals surface area contributed by atoms with E-state index in [4.69, 9.17) is 11.5 Å². The van der Waals surface area contributed by atoms with Gasteiger partial charge in [-0.1, -0.05) is 0 Å². The van der Waals surface area contributed by atoms with Gasteiger partial charge in [0.05, 0.1) is 6.54 Å². The average molecular weight is 268 g/mol. The summed E-state index contributed by atoms with van der Waals surface area (Å²) < 4.78 is 0. The minimum atomic E-state index is -0.294. The Balaban J connectivity index is 1.64. The lowest BCUT2D eigenvalue weighted by atomic mass is 10.0. The van der Waals surface area contributed by atoms with E-state index in [1.165, 1.54) is 12.8 Å². The molecule has 0 bridgehead atoms. The molecular formula is C13H24N4O2. The first-order valence-electron chi connectivity index (χ1n) is 7.10. The second kappa shape index (κ2) is 6.34. The molecule has 19 heavy (non-hydrogen) atoms. The molecule has 0 aromatic heterocycles. The Hall–Kier alpha value is -1.14. The molecule has 2 rings (SSSR count). The quantitative estimate of drug-likeness (QED) is 0.586. The highest BCUT2D eigenvalue weighted by molar-refractivity contribution is 5.77. The zero-order valence-corrected chi connectivity index (χ0v) is 11.3. The molecule has 1 aliphatic carbocycles. The van der Waals surface area contributed by atoms with Crippen LogP contribution in [-0.2, 0) is 9.59 Å².